The normalized spacial score (nSPS) is 34.5. The summed E-state index contributed by atoms with van der Waals surface area (Å²) in [5.74, 6) is -1.20. The highest BCUT2D eigenvalue weighted by molar-refractivity contribution is 5.88. The van der Waals surface area contributed by atoms with E-state index >= 15 is 0 Å². The molecule has 5 nitrogen and oxygen atoms in total. The number of hydrogen-bond donors (Lipinski definition) is 0. The number of hydrogen-bond acceptors (Lipinski definition) is 5. The maximum atomic E-state index is 12.2. The van der Waals surface area contributed by atoms with Gasteiger partial charge in [0.1, 0.15) is 0 Å². The molecule has 2 bridgehead atoms. The van der Waals surface area contributed by atoms with E-state index in [0.29, 0.717) is 12.8 Å². The van der Waals surface area contributed by atoms with Crippen molar-refractivity contribution < 1.29 is 9.53 Å². The van der Waals surface area contributed by atoms with Crippen molar-refractivity contribution in [2.24, 2.45) is 16.7 Å². The lowest BCUT2D eigenvalue weighted by molar-refractivity contribution is -0.146. The molecule has 0 saturated carbocycles. The van der Waals surface area contributed by atoms with Crippen LogP contribution in [0, 0.1) is 50.7 Å². The lowest BCUT2D eigenvalue weighted by Gasteiger charge is -2.38. The predicted molar refractivity (Wildman–Crippen MR) is 63.7 cm³/mol. The van der Waals surface area contributed by atoms with Crippen LogP contribution in [0.2, 0.25) is 0 Å². The summed E-state index contributed by atoms with van der Waals surface area (Å²) in [6, 6.07) is 5.75. The number of nitriles is 3. The van der Waals surface area contributed by atoms with E-state index in [4.69, 9.17) is 4.74 Å². The van der Waals surface area contributed by atoms with Gasteiger partial charge in [0, 0.05) is 5.92 Å². The van der Waals surface area contributed by atoms with E-state index in [1.165, 1.54) is 0 Å². The monoisotopic (exact) mass is 255 g/mol. The number of carbonyl (C=O) groups is 1. The van der Waals surface area contributed by atoms with Crippen LogP contribution in [-0.2, 0) is 9.53 Å². The zero-order valence-corrected chi connectivity index (χ0v) is 10.8. The van der Waals surface area contributed by atoms with Crippen LogP contribution in [0.5, 0.6) is 0 Å². The summed E-state index contributed by atoms with van der Waals surface area (Å²) in [4.78, 5) is 12.2. The third-order valence-electron chi connectivity index (χ3n) is 4.25. The first kappa shape index (κ1) is 13.1. The predicted octanol–water partition coefficient (Wildman–Crippen LogP) is 1.83. The molecule has 5 heteroatoms. The summed E-state index contributed by atoms with van der Waals surface area (Å²) in [6.45, 7) is 3.71. The molecule has 0 spiro atoms. The molecule has 0 unspecified atom stereocenters. The first-order chi connectivity index (χ1) is 9.07. The lowest BCUT2D eigenvalue weighted by atomic mass is 9.53. The van der Waals surface area contributed by atoms with Crippen LogP contribution in [0.1, 0.15) is 26.7 Å². The number of fused-ring (bicyclic) bond motifs is 2. The van der Waals surface area contributed by atoms with Crippen LogP contribution in [-0.4, -0.2) is 12.1 Å². The van der Waals surface area contributed by atoms with Gasteiger partial charge in [-0.15, -0.1) is 0 Å². The highest BCUT2D eigenvalue weighted by Crippen LogP contribution is 2.60. The molecule has 19 heavy (non-hydrogen) atoms. The molecule has 0 aromatic carbocycles. The van der Waals surface area contributed by atoms with Gasteiger partial charge in [0.15, 0.2) is 11.5 Å². The van der Waals surface area contributed by atoms with Crippen LogP contribution >= 0.6 is 0 Å². The Bertz CT molecular complexity index is 573. The molecule has 1 fully saturated rings. The fourth-order valence-electron chi connectivity index (χ4n) is 3.19. The largest absolute Gasteiger partial charge is 0.454 e. The van der Waals surface area contributed by atoms with Gasteiger partial charge in [-0.05, 0) is 18.4 Å². The average molecular weight is 255 g/mol. The molecular weight excluding hydrogens is 242 g/mol. The maximum Gasteiger partial charge on any atom is 0.330 e. The lowest BCUT2D eigenvalue weighted by Crippen LogP contribution is -2.51. The van der Waals surface area contributed by atoms with E-state index in [9.17, 15) is 20.6 Å². The van der Waals surface area contributed by atoms with Crippen molar-refractivity contribution in [2.75, 3.05) is 0 Å². The summed E-state index contributed by atoms with van der Waals surface area (Å²) >= 11 is 0. The van der Waals surface area contributed by atoms with Crippen molar-refractivity contribution in [3.63, 3.8) is 0 Å². The maximum absolute atomic E-state index is 12.2. The minimum atomic E-state index is -1.74. The highest BCUT2D eigenvalue weighted by Gasteiger charge is 2.75. The molecule has 0 radical (unpaired) electrons. The van der Waals surface area contributed by atoms with Gasteiger partial charge in [0.2, 0.25) is 5.41 Å². The molecule has 0 amide bonds. The zero-order valence-electron chi connectivity index (χ0n) is 10.8. The molecule has 0 aromatic rings. The molecule has 1 aliphatic heterocycles. The van der Waals surface area contributed by atoms with Gasteiger partial charge in [-0.3, -0.25) is 4.79 Å². The fraction of sp³-hybridized carbons (Fsp3) is 0.571. The average Bonchev–Trinajstić information content (AvgIpc) is 2.62. The minimum absolute atomic E-state index is 0.460. The van der Waals surface area contributed by atoms with E-state index < -0.39 is 28.8 Å². The van der Waals surface area contributed by atoms with Crippen molar-refractivity contribution in [3.8, 4) is 18.2 Å². The van der Waals surface area contributed by atoms with Crippen molar-refractivity contribution in [3.05, 3.63) is 11.6 Å². The third kappa shape index (κ3) is 1.19. The molecule has 96 valence electrons. The number of carbonyl (C=O) groups excluding carboxylic acids is 1. The Labute approximate surface area is 111 Å². The summed E-state index contributed by atoms with van der Waals surface area (Å²) in [5, 5.41) is 28.5. The van der Waals surface area contributed by atoms with Gasteiger partial charge >= 0.3 is 5.97 Å². The van der Waals surface area contributed by atoms with Crippen molar-refractivity contribution in [1.82, 2.24) is 0 Å². The number of nitrogens with zero attached hydrogens (tertiary/aromatic N) is 3. The van der Waals surface area contributed by atoms with E-state index in [-0.39, 0.29) is 0 Å². The third-order valence-corrected chi connectivity index (χ3v) is 4.25. The molecule has 1 saturated heterocycles. The van der Waals surface area contributed by atoms with Gasteiger partial charge in [-0.2, -0.15) is 15.8 Å². The second-order valence-corrected chi connectivity index (χ2v) is 4.85. The number of allylic oxidation sites excluding steroid dienone is 1. The second-order valence-electron chi connectivity index (χ2n) is 4.85. The topological polar surface area (TPSA) is 97.7 Å². The number of esters is 1. The summed E-state index contributed by atoms with van der Waals surface area (Å²) in [5.41, 5.74) is -2.68. The van der Waals surface area contributed by atoms with E-state index in [0.717, 1.165) is 5.57 Å². The molecule has 0 N–H and O–H groups in total. The van der Waals surface area contributed by atoms with Gasteiger partial charge < -0.3 is 4.74 Å². The number of rotatable bonds is 2. The Morgan fingerprint density at radius 3 is 2.32 bits per heavy atom. The highest BCUT2D eigenvalue weighted by atomic mass is 16.6. The van der Waals surface area contributed by atoms with Gasteiger partial charge in [0.05, 0.1) is 18.2 Å². The summed E-state index contributed by atoms with van der Waals surface area (Å²) in [7, 11) is 0. The molecule has 1 heterocycles. The first-order valence-corrected chi connectivity index (χ1v) is 6.23. The molecule has 3 atom stereocenters. The molecule has 2 aliphatic rings. The fourth-order valence-corrected chi connectivity index (χ4v) is 3.19. The Morgan fingerprint density at radius 1 is 1.26 bits per heavy atom. The molecular formula is C14H13N3O2. The quantitative estimate of drug-likeness (QED) is 0.553. The van der Waals surface area contributed by atoms with Crippen molar-refractivity contribution in [1.29, 1.82) is 15.8 Å². The summed E-state index contributed by atoms with van der Waals surface area (Å²) in [6.07, 6.45) is 2.01. The molecule has 2 rings (SSSR count). The van der Waals surface area contributed by atoms with Crippen LogP contribution in [0.25, 0.3) is 0 Å². The molecule has 1 aliphatic carbocycles. The summed E-state index contributed by atoms with van der Waals surface area (Å²) < 4.78 is 5.24. The van der Waals surface area contributed by atoms with E-state index in [2.05, 4.69) is 0 Å². The van der Waals surface area contributed by atoms with Crippen LogP contribution in [0.15, 0.2) is 11.6 Å². The standard InChI is InChI=1S/C14H13N3O2/c1-3-9-5-10(4-2)14(8-17)12(18)19-11(9)13(14,6-15)7-16/h5,10-11H,3-4H2,1-2H3/t10-,11+,14+/m1/s1. The Morgan fingerprint density at radius 2 is 1.89 bits per heavy atom. The van der Waals surface area contributed by atoms with Gasteiger partial charge in [0.25, 0.3) is 0 Å². The first-order valence-electron chi connectivity index (χ1n) is 6.23. The van der Waals surface area contributed by atoms with E-state index in [1.54, 1.807) is 0 Å². The smallest absolute Gasteiger partial charge is 0.330 e. The number of ether oxygens (including phenoxy) is 1. The van der Waals surface area contributed by atoms with Crippen molar-refractivity contribution in [2.45, 2.75) is 32.8 Å². The Kier molecular flexibility index (Phi) is 2.84. The van der Waals surface area contributed by atoms with Gasteiger partial charge in [-0.1, -0.05) is 19.9 Å². The van der Waals surface area contributed by atoms with Gasteiger partial charge in [-0.25, -0.2) is 0 Å². The van der Waals surface area contributed by atoms with Crippen molar-refractivity contribution >= 4 is 5.97 Å². The zero-order chi connectivity index (χ0) is 14.3. The van der Waals surface area contributed by atoms with E-state index in [1.807, 2.05) is 38.1 Å². The van der Waals surface area contributed by atoms with Crippen LogP contribution < -0.4 is 0 Å². The second kappa shape index (κ2) is 4.11. The SMILES string of the molecule is CCC1=C[C@@H](CC)[C@@]2(C#N)C(=O)O[C@@H]1C2(C#N)C#N. The van der Waals surface area contributed by atoms with Crippen LogP contribution in [0.4, 0.5) is 0 Å². The Hall–Kier alpha value is -2.32. The Balaban J connectivity index is 2.82. The molecule has 0 aromatic heterocycles. The minimum Gasteiger partial charge on any atom is -0.454 e. The van der Waals surface area contributed by atoms with Crippen LogP contribution in [0.3, 0.4) is 0 Å².